The molecule has 4 N–H and O–H groups in total. The second kappa shape index (κ2) is 13.5. The topological polar surface area (TPSA) is 168 Å². The molecule has 1 aliphatic rings. The normalized spacial score (nSPS) is 24.4. The second-order valence-electron chi connectivity index (χ2n) is 8.90. The smallest absolute Gasteiger partial charge is 0.332 e. The van der Waals surface area contributed by atoms with Crippen molar-refractivity contribution in [3.05, 3.63) is 23.8 Å². The third-order valence-electron chi connectivity index (χ3n) is 6.33. The molecule has 5 unspecified atom stereocenters. The third-order valence-corrected chi connectivity index (χ3v) is 6.33. The minimum Gasteiger partial charge on any atom is -0.505 e. The van der Waals surface area contributed by atoms with Gasteiger partial charge in [-0.05, 0) is 45.2 Å². The standard InChI is InChI=1S/C25H34N2O9/c1-4-5-8-17-16(9-7-12-20(29)30)14(2)35-25(34)21(15(3)36-24(17)33)27-23(32)18-10-6-11-19(22(18)31)26-13-28/h6,10-11,13-17,21,31H,4-5,7-9,12H2,1-3H3,(H,26,28)(H,27,32)(H,29,30). The number of aromatic hydroxyl groups is 1. The van der Waals surface area contributed by atoms with Crippen molar-refractivity contribution in [1.29, 1.82) is 0 Å². The molecule has 2 amide bonds. The number of unbranched alkanes of at least 4 members (excludes halogenated alkanes) is 1. The van der Waals surface area contributed by atoms with E-state index in [1.54, 1.807) is 6.92 Å². The fraction of sp³-hybridized carbons (Fsp3) is 0.560. The molecule has 0 aromatic heterocycles. The van der Waals surface area contributed by atoms with Gasteiger partial charge in [0.15, 0.2) is 11.8 Å². The number of hydrogen-bond donors (Lipinski definition) is 4. The fourth-order valence-electron chi connectivity index (χ4n) is 4.36. The minimum absolute atomic E-state index is 0.00533. The molecule has 0 radical (unpaired) electrons. The first kappa shape index (κ1) is 28.6. The monoisotopic (exact) mass is 506 g/mol. The molecular weight excluding hydrogens is 472 g/mol. The van der Waals surface area contributed by atoms with Crippen LogP contribution in [-0.2, 0) is 28.7 Å². The van der Waals surface area contributed by atoms with Gasteiger partial charge in [-0.25, -0.2) is 4.79 Å². The average Bonchev–Trinajstić information content (AvgIpc) is 2.84. The number of carbonyl (C=O) groups is 5. The Morgan fingerprint density at radius 2 is 1.75 bits per heavy atom. The van der Waals surface area contributed by atoms with Crippen LogP contribution >= 0.6 is 0 Å². The first-order valence-electron chi connectivity index (χ1n) is 12.1. The van der Waals surface area contributed by atoms with E-state index in [1.165, 1.54) is 25.1 Å². The number of anilines is 1. The number of rotatable bonds is 11. The molecule has 36 heavy (non-hydrogen) atoms. The molecule has 1 heterocycles. The van der Waals surface area contributed by atoms with Gasteiger partial charge >= 0.3 is 17.9 Å². The highest BCUT2D eigenvalue weighted by Crippen LogP contribution is 2.32. The summed E-state index contributed by atoms with van der Waals surface area (Å²) >= 11 is 0. The number of esters is 2. The number of nitrogens with one attached hydrogen (secondary N) is 2. The van der Waals surface area contributed by atoms with Gasteiger partial charge in [0.25, 0.3) is 5.91 Å². The van der Waals surface area contributed by atoms with Crippen LogP contribution in [-0.4, -0.2) is 58.7 Å². The van der Waals surface area contributed by atoms with Crippen molar-refractivity contribution in [3.8, 4) is 5.75 Å². The predicted octanol–water partition coefficient (Wildman–Crippen LogP) is 2.61. The van der Waals surface area contributed by atoms with E-state index in [0.29, 0.717) is 25.7 Å². The molecular formula is C25H34N2O9. The van der Waals surface area contributed by atoms with Gasteiger partial charge in [-0.1, -0.05) is 25.8 Å². The van der Waals surface area contributed by atoms with Gasteiger partial charge in [-0.15, -0.1) is 0 Å². The van der Waals surface area contributed by atoms with Crippen LogP contribution in [0.2, 0.25) is 0 Å². The van der Waals surface area contributed by atoms with Gasteiger partial charge in [0.2, 0.25) is 6.41 Å². The number of phenolic OH excluding ortho intramolecular Hbond substituents is 1. The molecule has 0 bridgehead atoms. The van der Waals surface area contributed by atoms with E-state index < -0.39 is 59.7 Å². The number of cyclic esters (lactones) is 2. The number of carbonyl (C=O) groups excluding carboxylic acids is 4. The second-order valence-corrected chi connectivity index (χ2v) is 8.90. The molecule has 0 aliphatic carbocycles. The zero-order valence-corrected chi connectivity index (χ0v) is 20.7. The molecule has 5 atom stereocenters. The summed E-state index contributed by atoms with van der Waals surface area (Å²) in [4.78, 5) is 60.9. The summed E-state index contributed by atoms with van der Waals surface area (Å²) in [6, 6.07) is 2.77. The van der Waals surface area contributed by atoms with Crippen LogP contribution in [0.1, 0.15) is 69.7 Å². The highest BCUT2D eigenvalue weighted by atomic mass is 16.6. The van der Waals surface area contributed by atoms with Crippen LogP contribution in [0.4, 0.5) is 5.69 Å². The quantitative estimate of drug-likeness (QED) is 0.200. The number of carboxylic acid groups (broad SMARTS) is 1. The molecule has 1 aliphatic heterocycles. The van der Waals surface area contributed by atoms with Crippen molar-refractivity contribution in [2.24, 2.45) is 11.8 Å². The minimum atomic E-state index is -1.37. The highest BCUT2D eigenvalue weighted by molar-refractivity contribution is 6.01. The number of carboxylic acids is 1. The van der Waals surface area contributed by atoms with Crippen LogP contribution in [0.3, 0.4) is 0 Å². The van der Waals surface area contributed by atoms with Gasteiger partial charge in [-0.3, -0.25) is 19.2 Å². The lowest BCUT2D eigenvalue weighted by molar-refractivity contribution is -0.157. The number of aliphatic carboxylic acids is 1. The molecule has 1 fully saturated rings. The molecule has 11 heteroatoms. The summed E-state index contributed by atoms with van der Waals surface area (Å²) in [6.07, 6.45) is 1.15. The summed E-state index contributed by atoms with van der Waals surface area (Å²) < 4.78 is 11.3. The maximum absolute atomic E-state index is 13.2. The van der Waals surface area contributed by atoms with Crippen LogP contribution in [0, 0.1) is 11.8 Å². The molecule has 2 rings (SSSR count). The summed E-state index contributed by atoms with van der Waals surface area (Å²) in [7, 11) is 0. The van der Waals surface area contributed by atoms with E-state index >= 15 is 0 Å². The van der Waals surface area contributed by atoms with E-state index in [4.69, 9.17) is 14.6 Å². The number of benzene rings is 1. The molecule has 1 saturated heterocycles. The van der Waals surface area contributed by atoms with Crippen LogP contribution in [0.15, 0.2) is 18.2 Å². The lowest BCUT2D eigenvalue weighted by atomic mass is 9.81. The lowest BCUT2D eigenvalue weighted by Gasteiger charge is -2.29. The van der Waals surface area contributed by atoms with Gasteiger partial charge < -0.3 is 30.3 Å². The Kier molecular flexibility index (Phi) is 10.7. The molecule has 0 saturated carbocycles. The van der Waals surface area contributed by atoms with Crippen molar-refractivity contribution in [2.75, 3.05) is 5.32 Å². The van der Waals surface area contributed by atoms with Crippen LogP contribution in [0.25, 0.3) is 0 Å². The Balaban J connectivity index is 2.31. The number of amides is 2. The number of phenols is 1. The third kappa shape index (κ3) is 7.43. The first-order valence-corrected chi connectivity index (χ1v) is 12.1. The fourth-order valence-corrected chi connectivity index (χ4v) is 4.36. The SMILES string of the molecule is CCCCC1C(=O)OC(C)C(NC(=O)c2cccc(NC=O)c2O)C(=O)OC(C)C1CCCC(=O)O. The molecule has 198 valence electrons. The van der Waals surface area contributed by atoms with Crippen molar-refractivity contribution < 1.29 is 43.7 Å². The van der Waals surface area contributed by atoms with Gasteiger partial charge in [-0.2, -0.15) is 0 Å². The average molecular weight is 507 g/mol. The Bertz CT molecular complexity index is 965. The number of para-hydroxylation sites is 1. The van der Waals surface area contributed by atoms with Crippen molar-refractivity contribution in [2.45, 2.75) is 77.5 Å². The van der Waals surface area contributed by atoms with Gasteiger partial charge in [0, 0.05) is 12.3 Å². The van der Waals surface area contributed by atoms with Gasteiger partial charge in [0.05, 0.1) is 17.2 Å². The van der Waals surface area contributed by atoms with E-state index in [0.717, 1.165) is 12.8 Å². The Morgan fingerprint density at radius 1 is 1.06 bits per heavy atom. The maximum Gasteiger partial charge on any atom is 0.332 e. The molecule has 0 spiro atoms. The molecule has 11 nitrogen and oxygen atoms in total. The Hall–Kier alpha value is -3.63. The van der Waals surface area contributed by atoms with E-state index in [9.17, 15) is 29.1 Å². The Labute approximate surface area is 209 Å². The number of hydrogen-bond acceptors (Lipinski definition) is 8. The summed E-state index contributed by atoms with van der Waals surface area (Å²) in [5.74, 6) is -4.70. The van der Waals surface area contributed by atoms with Crippen molar-refractivity contribution in [3.63, 3.8) is 0 Å². The highest BCUT2D eigenvalue weighted by Gasteiger charge is 2.41. The summed E-state index contributed by atoms with van der Waals surface area (Å²) in [6.45, 7) is 5.08. The summed E-state index contributed by atoms with van der Waals surface area (Å²) in [5.41, 5.74) is -0.195. The zero-order chi connectivity index (χ0) is 26.8. The predicted molar refractivity (Wildman–Crippen MR) is 128 cm³/mol. The van der Waals surface area contributed by atoms with Crippen LogP contribution < -0.4 is 10.6 Å². The van der Waals surface area contributed by atoms with Crippen molar-refractivity contribution in [1.82, 2.24) is 5.32 Å². The van der Waals surface area contributed by atoms with Crippen LogP contribution in [0.5, 0.6) is 5.75 Å². The van der Waals surface area contributed by atoms with Gasteiger partial charge in [0.1, 0.15) is 12.2 Å². The molecule has 1 aromatic carbocycles. The van der Waals surface area contributed by atoms with Crippen molar-refractivity contribution >= 4 is 35.9 Å². The van der Waals surface area contributed by atoms with E-state index in [1.807, 2.05) is 6.92 Å². The zero-order valence-electron chi connectivity index (χ0n) is 20.7. The summed E-state index contributed by atoms with van der Waals surface area (Å²) in [5, 5.41) is 24.1. The first-order chi connectivity index (χ1) is 17.1. The van der Waals surface area contributed by atoms with E-state index in [2.05, 4.69) is 10.6 Å². The van der Waals surface area contributed by atoms with E-state index in [-0.39, 0.29) is 17.7 Å². The maximum atomic E-state index is 13.2. The molecule has 1 aromatic rings. The largest absolute Gasteiger partial charge is 0.505 e. The lowest BCUT2D eigenvalue weighted by Crippen LogP contribution is -2.50. The number of ether oxygens (including phenoxy) is 2. The Morgan fingerprint density at radius 3 is 2.39 bits per heavy atom.